The molecule has 0 amide bonds. The monoisotopic (exact) mass is 438 g/mol. The Bertz CT molecular complexity index is 639. The number of hydrogen-bond acceptors (Lipinski definition) is 5. The van der Waals surface area contributed by atoms with Gasteiger partial charge in [-0.2, -0.15) is 0 Å². The fraction of sp³-hybridized carbons (Fsp3) is 1.00. The normalized spacial score (nSPS) is 52.5. The van der Waals surface area contributed by atoms with Gasteiger partial charge in [-0.3, -0.25) is 0 Å². The highest BCUT2D eigenvalue weighted by Crippen LogP contribution is 2.68. The Labute approximate surface area is 188 Å². The number of aliphatic hydroxyl groups is 5. The second kappa shape index (κ2) is 8.54. The third-order valence-corrected chi connectivity index (χ3v) is 11.0. The minimum atomic E-state index is -0.708. The van der Waals surface area contributed by atoms with Gasteiger partial charge in [-0.1, -0.05) is 20.8 Å². The van der Waals surface area contributed by atoms with Crippen molar-refractivity contribution < 1.29 is 25.5 Å². The van der Waals surface area contributed by atoms with E-state index in [1.54, 1.807) is 6.92 Å². The zero-order valence-corrected chi connectivity index (χ0v) is 20.0. The smallest absolute Gasteiger partial charge is 0.0796 e. The average molecular weight is 439 g/mol. The van der Waals surface area contributed by atoms with Crippen LogP contribution in [0.2, 0.25) is 0 Å². The highest BCUT2D eigenvalue weighted by atomic mass is 16.3. The first kappa shape index (κ1) is 23.9. The molecule has 0 aromatic rings. The van der Waals surface area contributed by atoms with Crippen LogP contribution in [0.15, 0.2) is 0 Å². The molecule has 4 aliphatic rings. The quantitative estimate of drug-likeness (QED) is 0.454. The fourth-order valence-corrected chi connectivity index (χ4v) is 9.01. The van der Waals surface area contributed by atoms with Gasteiger partial charge in [0.1, 0.15) is 0 Å². The van der Waals surface area contributed by atoms with Crippen LogP contribution in [0, 0.1) is 46.3 Å². The SMILES string of the molecule is CC(O)C(O)CC[C@@H](C)[C@H]1CC[C@H]2[C@@H]3C(O)CC4CC(O)CC[C@]4(C)[C@H]3CC(O)[C@]12C. The Kier molecular flexibility index (Phi) is 6.60. The summed E-state index contributed by atoms with van der Waals surface area (Å²) >= 11 is 0. The molecule has 4 rings (SSSR count). The van der Waals surface area contributed by atoms with Crippen molar-refractivity contribution in [2.75, 3.05) is 0 Å². The van der Waals surface area contributed by atoms with Crippen LogP contribution in [-0.2, 0) is 0 Å². The molecule has 0 saturated heterocycles. The molecule has 0 bridgehead atoms. The lowest BCUT2D eigenvalue weighted by atomic mass is 9.43. The fourth-order valence-electron chi connectivity index (χ4n) is 9.01. The highest BCUT2D eigenvalue weighted by molar-refractivity contribution is 5.14. The summed E-state index contributed by atoms with van der Waals surface area (Å²) < 4.78 is 0. The van der Waals surface area contributed by atoms with E-state index in [2.05, 4.69) is 20.8 Å². The van der Waals surface area contributed by atoms with Gasteiger partial charge in [0, 0.05) is 0 Å². The molecule has 4 fully saturated rings. The molecule has 4 saturated carbocycles. The second-order valence-electron chi connectivity index (χ2n) is 12.4. The van der Waals surface area contributed by atoms with Gasteiger partial charge >= 0.3 is 0 Å². The molecule has 0 aromatic heterocycles. The third-order valence-electron chi connectivity index (χ3n) is 11.0. The molecular formula is C26H46O5. The molecule has 5 N–H and O–H groups in total. The van der Waals surface area contributed by atoms with Gasteiger partial charge < -0.3 is 25.5 Å². The maximum Gasteiger partial charge on any atom is 0.0796 e. The van der Waals surface area contributed by atoms with Crippen molar-refractivity contribution in [3.8, 4) is 0 Å². The van der Waals surface area contributed by atoms with Crippen molar-refractivity contribution in [2.24, 2.45) is 46.3 Å². The molecule has 31 heavy (non-hydrogen) atoms. The van der Waals surface area contributed by atoms with Crippen LogP contribution in [0.3, 0.4) is 0 Å². The summed E-state index contributed by atoms with van der Waals surface area (Å²) in [4.78, 5) is 0. The van der Waals surface area contributed by atoms with Gasteiger partial charge in [-0.25, -0.2) is 0 Å². The lowest BCUT2D eigenvalue weighted by molar-refractivity contribution is -0.207. The standard InChI is InChI=1S/C26H46O5/c1-14(5-8-21(29)15(2)27)18-6-7-19-24-20(13-23(31)26(18,19)4)25(3)10-9-17(28)11-16(25)12-22(24)30/h14-24,27-31H,5-13H2,1-4H3/t14-,15?,16?,17?,18-,19+,20+,21?,22?,23?,24+,25+,26-/m1/s1. The lowest BCUT2D eigenvalue weighted by Crippen LogP contribution is -2.62. The van der Waals surface area contributed by atoms with Crippen molar-refractivity contribution in [1.82, 2.24) is 0 Å². The van der Waals surface area contributed by atoms with Crippen molar-refractivity contribution in [3.63, 3.8) is 0 Å². The Morgan fingerprint density at radius 1 is 0.871 bits per heavy atom. The first-order valence-electron chi connectivity index (χ1n) is 12.9. The molecule has 0 aromatic carbocycles. The van der Waals surface area contributed by atoms with Crippen molar-refractivity contribution in [3.05, 3.63) is 0 Å². The molecular weight excluding hydrogens is 392 g/mol. The minimum Gasteiger partial charge on any atom is -0.393 e. The maximum absolute atomic E-state index is 11.6. The first-order chi connectivity index (χ1) is 14.5. The number of fused-ring (bicyclic) bond motifs is 5. The lowest BCUT2D eigenvalue weighted by Gasteiger charge is -2.63. The molecule has 0 aliphatic heterocycles. The Hall–Kier alpha value is -0.200. The first-order valence-corrected chi connectivity index (χ1v) is 12.9. The number of hydrogen-bond donors (Lipinski definition) is 5. The van der Waals surface area contributed by atoms with Crippen molar-refractivity contribution in [1.29, 1.82) is 0 Å². The number of aliphatic hydroxyl groups excluding tert-OH is 5. The van der Waals surface area contributed by atoms with Gasteiger partial charge in [0.2, 0.25) is 0 Å². The van der Waals surface area contributed by atoms with Gasteiger partial charge in [-0.05, 0) is 111 Å². The summed E-state index contributed by atoms with van der Waals surface area (Å²) in [5.74, 6) is 1.99. The van der Waals surface area contributed by atoms with E-state index in [4.69, 9.17) is 0 Å². The van der Waals surface area contributed by atoms with E-state index in [0.29, 0.717) is 36.0 Å². The average Bonchev–Trinajstić information content (AvgIpc) is 3.06. The third kappa shape index (κ3) is 3.80. The van der Waals surface area contributed by atoms with Crippen LogP contribution in [0.25, 0.3) is 0 Å². The molecule has 0 radical (unpaired) electrons. The van der Waals surface area contributed by atoms with Crippen molar-refractivity contribution in [2.45, 2.75) is 116 Å². The zero-order valence-electron chi connectivity index (χ0n) is 20.0. The summed E-state index contributed by atoms with van der Waals surface area (Å²) in [7, 11) is 0. The van der Waals surface area contributed by atoms with E-state index < -0.39 is 12.2 Å². The van der Waals surface area contributed by atoms with Crippen LogP contribution >= 0.6 is 0 Å². The van der Waals surface area contributed by atoms with Crippen LogP contribution in [-0.4, -0.2) is 56.1 Å². The summed E-state index contributed by atoms with van der Waals surface area (Å²) in [6.45, 7) is 8.51. The van der Waals surface area contributed by atoms with E-state index in [-0.39, 0.29) is 35.1 Å². The summed E-state index contributed by atoms with van der Waals surface area (Å²) in [6.07, 6.45) is 5.40. The van der Waals surface area contributed by atoms with E-state index >= 15 is 0 Å². The van der Waals surface area contributed by atoms with Gasteiger partial charge in [0.05, 0.1) is 30.5 Å². The summed E-state index contributed by atoms with van der Waals surface area (Å²) in [5.41, 5.74) is -0.0920. The molecule has 5 nitrogen and oxygen atoms in total. The van der Waals surface area contributed by atoms with Crippen LogP contribution in [0.4, 0.5) is 0 Å². The Morgan fingerprint density at radius 3 is 2.26 bits per heavy atom. The second-order valence-corrected chi connectivity index (χ2v) is 12.4. The van der Waals surface area contributed by atoms with E-state index in [1.165, 1.54) is 0 Å². The van der Waals surface area contributed by atoms with Gasteiger partial charge in [0.15, 0.2) is 0 Å². The van der Waals surface area contributed by atoms with Crippen LogP contribution < -0.4 is 0 Å². The van der Waals surface area contributed by atoms with Gasteiger partial charge in [0.25, 0.3) is 0 Å². The maximum atomic E-state index is 11.6. The molecule has 4 aliphatic carbocycles. The molecule has 6 unspecified atom stereocenters. The predicted molar refractivity (Wildman–Crippen MR) is 120 cm³/mol. The molecule has 13 atom stereocenters. The largest absolute Gasteiger partial charge is 0.393 e. The van der Waals surface area contributed by atoms with Crippen LogP contribution in [0.5, 0.6) is 0 Å². The topological polar surface area (TPSA) is 101 Å². The molecule has 180 valence electrons. The minimum absolute atomic E-state index is 0.108. The Balaban J connectivity index is 1.55. The van der Waals surface area contributed by atoms with E-state index in [9.17, 15) is 25.5 Å². The molecule has 5 heteroatoms. The zero-order chi connectivity index (χ0) is 22.7. The predicted octanol–water partition coefficient (Wildman–Crippen LogP) is 3.11. The molecule has 0 spiro atoms. The summed E-state index contributed by atoms with van der Waals surface area (Å²) in [6, 6.07) is 0. The van der Waals surface area contributed by atoms with Gasteiger partial charge in [-0.15, -0.1) is 0 Å². The highest BCUT2D eigenvalue weighted by Gasteiger charge is 2.65. The summed E-state index contributed by atoms with van der Waals surface area (Å²) in [5, 5.41) is 52.9. The van der Waals surface area contributed by atoms with E-state index in [0.717, 1.165) is 51.4 Å². The molecule has 0 heterocycles. The van der Waals surface area contributed by atoms with E-state index in [1.807, 2.05) is 0 Å². The van der Waals surface area contributed by atoms with Crippen LogP contribution in [0.1, 0.15) is 85.5 Å². The Morgan fingerprint density at radius 2 is 1.58 bits per heavy atom. The number of rotatable bonds is 5. The van der Waals surface area contributed by atoms with Crippen molar-refractivity contribution >= 4 is 0 Å².